The Morgan fingerprint density at radius 1 is 1.10 bits per heavy atom. The van der Waals surface area contributed by atoms with Gasteiger partial charge in [0.05, 0.1) is 43.2 Å². The van der Waals surface area contributed by atoms with E-state index in [0.717, 1.165) is 5.56 Å². The number of nitrogens with one attached hydrogen (secondary N) is 1. The van der Waals surface area contributed by atoms with Crippen LogP contribution >= 0.6 is 0 Å². The summed E-state index contributed by atoms with van der Waals surface area (Å²) in [5, 5.41) is 13.6. The van der Waals surface area contributed by atoms with Gasteiger partial charge in [-0.15, -0.1) is 13.2 Å². The zero-order chi connectivity index (χ0) is 36.7. The van der Waals surface area contributed by atoms with Gasteiger partial charge in [0.2, 0.25) is 17.7 Å². The summed E-state index contributed by atoms with van der Waals surface area (Å²) >= 11 is 0. The van der Waals surface area contributed by atoms with Gasteiger partial charge in [0, 0.05) is 26.6 Å². The van der Waals surface area contributed by atoms with E-state index in [9.17, 15) is 24.3 Å². The van der Waals surface area contributed by atoms with E-state index < -0.39 is 59.6 Å². The fourth-order valence-electron chi connectivity index (χ4n) is 8.11. The molecule has 3 aliphatic rings. The number of likely N-dealkylation sites (tertiary alicyclic amines) is 1. The number of carbonyl (C=O) groups is 4. The third-order valence-corrected chi connectivity index (χ3v) is 10.4. The molecule has 0 unspecified atom stereocenters. The van der Waals surface area contributed by atoms with Crippen molar-refractivity contribution in [1.82, 2.24) is 15.1 Å². The first-order chi connectivity index (χ1) is 24.6. The van der Waals surface area contributed by atoms with Gasteiger partial charge in [0.1, 0.15) is 17.7 Å². The van der Waals surface area contributed by atoms with Crippen LogP contribution < -0.4 is 5.32 Å². The van der Waals surface area contributed by atoms with Crippen LogP contribution in [-0.2, 0) is 39.9 Å². The molecule has 5 rings (SSSR count). The minimum Gasteiger partial charge on any atom is -0.455 e. The Morgan fingerprint density at radius 3 is 2.39 bits per heavy atom. The number of aliphatic hydroxyl groups is 1. The van der Waals surface area contributed by atoms with Gasteiger partial charge in [-0.25, -0.2) is 0 Å². The summed E-state index contributed by atoms with van der Waals surface area (Å²) in [7, 11) is 1.50. The number of nitrogens with zero attached hydrogens (tertiary/aromatic N) is 2. The van der Waals surface area contributed by atoms with E-state index >= 15 is 0 Å². The van der Waals surface area contributed by atoms with Crippen LogP contribution in [0.3, 0.4) is 0 Å². The summed E-state index contributed by atoms with van der Waals surface area (Å²) in [6, 6.07) is 16.1. The molecule has 3 saturated heterocycles. The molecule has 2 aromatic rings. The molecule has 0 radical (unpaired) electrons. The molecule has 274 valence electrons. The van der Waals surface area contributed by atoms with Gasteiger partial charge in [0.15, 0.2) is 0 Å². The highest BCUT2D eigenvalue weighted by Crippen LogP contribution is 2.59. The van der Waals surface area contributed by atoms with Crippen molar-refractivity contribution in [2.75, 3.05) is 26.9 Å². The summed E-state index contributed by atoms with van der Waals surface area (Å²) in [5.41, 5.74) is 0.255. The van der Waals surface area contributed by atoms with E-state index in [1.807, 2.05) is 74.5 Å². The molecule has 0 aromatic heterocycles. The van der Waals surface area contributed by atoms with Crippen molar-refractivity contribution in [1.29, 1.82) is 0 Å². The molecule has 51 heavy (non-hydrogen) atoms. The first kappa shape index (κ1) is 37.9. The Morgan fingerprint density at radius 2 is 1.78 bits per heavy atom. The molecular formula is C40H51N3O8. The van der Waals surface area contributed by atoms with Crippen LogP contribution in [0.25, 0.3) is 0 Å². The molecule has 11 nitrogen and oxygen atoms in total. The Labute approximate surface area is 300 Å². The highest BCUT2D eigenvalue weighted by atomic mass is 16.6. The first-order valence-electron chi connectivity index (χ1n) is 17.8. The highest BCUT2D eigenvalue weighted by Gasteiger charge is 2.76. The van der Waals surface area contributed by atoms with E-state index in [4.69, 9.17) is 14.2 Å². The Bertz CT molecular complexity index is 1550. The number of hydrogen-bond donors (Lipinski definition) is 2. The molecule has 3 heterocycles. The number of methoxy groups -OCH3 is 1. The van der Waals surface area contributed by atoms with Crippen LogP contribution in [-0.4, -0.2) is 95.3 Å². The number of rotatable bonds is 18. The van der Waals surface area contributed by atoms with Gasteiger partial charge in [-0.3, -0.25) is 19.2 Å². The molecule has 0 saturated carbocycles. The summed E-state index contributed by atoms with van der Waals surface area (Å²) in [6.07, 6.45) is 3.22. The predicted octanol–water partition coefficient (Wildman–Crippen LogP) is 3.97. The largest absolute Gasteiger partial charge is 0.455 e. The number of hydrogen-bond acceptors (Lipinski definition) is 8. The predicted molar refractivity (Wildman–Crippen MR) is 191 cm³/mol. The monoisotopic (exact) mass is 701 g/mol. The number of allylic oxidation sites excluding steroid dienone is 1. The molecule has 2 aromatic carbocycles. The quantitative estimate of drug-likeness (QED) is 0.176. The molecule has 3 aliphatic heterocycles. The molecular weight excluding hydrogens is 650 g/mol. The number of carbonyl (C=O) groups excluding carboxylic acids is 4. The van der Waals surface area contributed by atoms with Gasteiger partial charge in [0.25, 0.3) is 0 Å². The van der Waals surface area contributed by atoms with Crippen molar-refractivity contribution in [2.45, 2.75) is 82.0 Å². The Kier molecular flexibility index (Phi) is 12.5. The second kappa shape index (κ2) is 16.8. The molecule has 1 spiro atoms. The van der Waals surface area contributed by atoms with Gasteiger partial charge in [-0.1, -0.05) is 86.7 Å². The van der Waals surface area contributed by atoms with Crippen LogP contribution in [0.15, 0.2) is 86.0 Å². The molecule has 11 heteroatoms. The first-order valence-corrected chi connectivity index (χ1v) is 17.8. The second-order valence-electron chi connectivity index (χ2n) is 14.0. The standard InChI is InChI=1S/C40H51N3O8/c1-6-8-19-32(45)41-29(25-49-5)35(28-17-13-10-14-18-28)50-39(48)33-31-20-21-40(51-31)34(33)37(46)43(30(24-44)26(3)4)36(40)38(47)42(22-7-2)23-27-15-11-9-12-16-27/h6-7,9-18,26,29-31,33-36,44H,1-2,8,19-25H2,3-5H3,(H,41,45)/t29-,30-,31-,33+,34+,35-,36-,40+/m0/s1. The average molecular weight is 702 g/mol. The van der Waals surface area contributed by atoms with Gasteiger partial charge in [-0.2, -0.15) is 0 Å². The van der Waals surface area contributed by atoms with E-state index in [-0.39, 0.29) is 50.5 Å². The van der Waals surface area contributed by atoms with Crippen molar-refractivity contribution < 1.29 is 38.5 Å². The number of esters is 1. The van der Waals surface area contributed by atoms with Gasteiger partial charge in [-0.05, 0) is 36.3 Å². The van der Waals surface area contributed by atoms with Crippen LogP contribution in [0.5, 0.6) is 0 Å². The van der Waals surface area contributed by atoms with Crippen molar-refractivity contribution in [3.8, 4) is 0 Å². The number of aliphatic hydroxyl groups excluding tert-OH is 1. The van der Waals surface area contributed by atoms with Gasteiger partial charge >= 0.3 is 5.97 Å². The van der Waals surface area contributed by atoms with E-state index in [1.165, 1.54) is 12.0 Å². The maximum absolute atomic E-state index is 14.8. The minimum absolute atomic E-state index is 0.0566. The third-order valence-electron chi connectivity index (χ3n) is 10.4. The molecule has 3 fully saturated rings. The lowest BCUT2D eigenvalue weighted by atomic mass is 9.70. The van der Waals surface area contributed by atoms with Crippen LogP contribution in [0.1, 0.15) is 56.8 Å². The minimum atomic E-state index is -1.30. The van der Waals surface area contributed by atoms with Crippen LogP contribution in [0.2, 0.25) is 0 Å². The lowest BCUT2D eigenvalue weighted by Crippen LogP contribution is -2.59. The third kappa shape index (κ3) is 7.66. The smallest absolute Gasteiger partial charge is 0.313 e. The molecule has 2 N–H and O–H groups in total. The molecule has 2 bridgehead atoms. The highest BCUT2D eigenvalue weighted by molar-refractivity contribution is 5.98. The average Bonchev–Trinajstić information content (AvgIpc) is 3.77. The zero-order valence-corrected chi connectivity index (χ0v) is 29.8. The fraction of sp³-hybridized carbons (Fsp3) is 0.500. The van der Waals surface area contributed by atoms with Crippen molar-refractivity contribution >= 4 is 23.7 Å². The Hall–Kier alpha value is -4.32. The summed E-state index contributed by atoms with van der Waals surface area (Å²) in [5.74, 6) is -3.85. The van der Waals surface area contributed by atoms with E-state index in [1.54, 1.807) is 17.1 Å². The molecule has 8 atom stereocenters. The zero-order valence-electron chi connectivity index (χ0n) is 29.8. The SMILES string of the molecule is C=CCCC(=O)N[C@@H](COC)[C@@H](OC(=O)[C@@H]1[C@@H]2CC[C@]3(O2)[C@H](C(=O)N(CC=C)Cc2ccccc2)N([C@@H](CO)C(C)C)C(=O)[C@@H]13)c1ccccc1. The number of amides is 3. The number of ether oxygens (including phenoxy) is 3. The summed E-state index contributed by atoms with van der Waals surface area (Å²) in [4.78, 5) is 60.0. The summed E-state index contributed by atoms with van der Waals surface area (Å²) in [6.45, 7) is 11.5. The Balaban J connectivity index is 1.51. The van der Waals surface area contributed by atoms with E-state index in [0.29, 0.717) is 24.8 Å². The second-order valence-corrected chi connectivity index (χ2v) is 14.0. The summed E-state index contributed by atoms with van der Waals surface area (Å²) < 4.78 is 18.5. The molecule has 0 aliphatic carbocycles. The van der Waals surface area contributed by atoms with Crippen LogP contribution in [0, 0.1) is 17.8 Å². The normalized spacial score (nSPS) is 25.2. The van der Waals surface area contributed by atoms with Crippen LogP contribution in [0.4, 0.5) is 0 Å². The van der Waals surface area contributed by atoms with Crippen molar-refractivity contribution in [2.24, 2.45) is 17.8 Å². The number of benzene rings is 2. The number of fused-ring (bicyclic) bond motifs is 1. The lowest BCUT2D eigenvalue weighted by Gasteiger charge is -2.40. The van der Waals surface area contributed by atoms with Crippen molar-refractivity contribution in [3.63, 3.8) is 0 Å². The maximum Gasteiger partial charge on any atom is 0.313 e. The maximum atomic E-state index is 14.8. The lowest BCUT2D eigenvalue weighted by molar-refractivity contribution is -0.164. The van der Waals surface area contributed by atoms with Crippen molar-refractivity contribution in [3.05, 3.63) is 97.1 Å². The molecule has 3 amide bonds. The van der Waals surface area contributed by atoms with E-state index in [2.05, 4.69) is 18.5 Å². The van der Waals surface area contributed by atoms with Gasteiger partial charge < -0.3 is 34.4 Å². The fourth-order valence-corrected chi connectivity index (χ4v) is 8.11. The topological polar surface area (TPSA) is 135 Å².